The molecule has 0 saturated heterocycles. The summed E-state index contributed by atoms with van der Waals surface area (Å²) in [4.78, 5) is 14.4. The lowest BCUT2D eigenvalue weighted by molar-refractivity contribution is -0.138. The predicted molar refractivity (Wildman–Crippen MR) is 88.2 cm³/mol. The molecular weight excluding hydrogens is 292 g/mol. The van der Waals surface area contributed by atoms with E-state index in [1.807, 2.05) is 36.4 Å². The van der Waals surface area contributed by atoms with Crippen LogP contribution in [0.5, 0.6) is 11.5 Å². The molecule has 0 aliphatic carbocycles. The summed E-state index contributed by atoms with van der Waals surface area (Å²) >= 11 is 0. The number of nitrogen functional groups attached to an aromatic ring is 1. The van der Waals surface area contributed by atoms with Gasteiger partial charge in [-0.25, -0.2) is 0 Å². The topological polar surface area (TPSA) is 64.8 Å². The lowest BCUT2D eigenvalue weighted by atomic mass is 10.1. The average Bonchev–Trinajstić information content (AvgIpc) is 2.66. The molecule has 2 aromatic rings. The number of hydrogen-bond acceptors (Lipinski definition) is 4. The number of rotatable bonds is 3. The van der Waals surface area contributed by atoms with Crippen molar-refractivity contribution in [3.8, 4) is 11.5 Å². The molecule has 0 bridgehead atoms. The Morgan fingerprint density at radius 1 is 1.30 bits per heavy atom. The summed E-state index contributed by atoms with van der Waals surface area (Å²) in [6.45, 7) is 2.74. The molecule has 0 radical (unpaired) electrons. The van der Waals surface area contributed by atoms with E-state index in [1.54, 1.807) is 25.0 Å². The number of fused-ring (bicyclic) bond motifs is 1. The third-order valence-corrected chi connectivity index (χ3v) is 3.92. The molecule has 3 rings (SSSR count). The van der Waals surface area contributed by atoms with Gasteiger partial charge in [-0.2, -0.15) is 0 Å². The van der Waals surface area contributed by atoms with E-state index in [1.165, 1.54) is 0 Å². The summed E-state index contributed by atoms with van der Waals surface area (Å²) in [6, 6.07) is 13.2. The highest BCUT2D eigenvalue weighted by atomic mass is 16.5. The zero-order valence-electron chi connectivity index (χ0n) is 13.3. The van der Waals surface area contributed by atoms with Crippen LogP contribution in [0.25, 0.3) is 0 Å². The third-order valence-electron chi connectivity index (χ3n) is 3.92. The number of ether oxygens (including phenoxy) is 2. The Kier molecular flexibility index (Phi) is 4.10. The molecule has 5 heteroatoms. The van der Waals surface area contributed by atoms with Crippen molar-refractivity contribution >= 4 is 11.6 Å². The van der Waals surface area contributed by atoms with Crippen LogP contribution in [0.15, 0.2) is 42.5 Å². The van der Waals surface area contributed by atoms with E-state index >= 15 is 0 Å². The molecule has 23 heavy (non-hydrogen) atoms. The van der Waals surface area contributed by atoms with Gasteiger partial charge in [0.05, 0.1) is 7.11 Å². The van der Waals surface area contributed by atoms with Crippen LogP contribution in [0.3, 0.4) is 0 Å². The molecule has 120 valence electrons. The van der Waals surface area contributed by atoms with Crippen LogP contribution in [0.2, 0.25) is 0 Å². The highest BCUT2D eigenvalue weighted by Gasteiger charge is 2.27. The number of nitrogens with zero attached hydrogens (tertiary/aromatic N) is 1. The first kappa shape index (κ1) is 15.2. The van der Waals surface area contributed by atoms with Gasteiger partial charge in [0.25, 0.3) is 5.91 Å². The number of carbonyl (C=O) groups is 1. The molecule has 0 saturated carbocycles. The molecular formula is C18H20N2O3. The van der Waals surface area contributed by atoms with Gasteiger partial charge in [0, 0.05) is 24.3 Å². The number of methoxy groups -OCH3 is 1. The van der Waals surface area contributed by atoms with E-state index in [0.717, 1.165) is 16.9 Å². The molecule has 2 aromatic carbocycles. The first-order chi connectivity index (χ1) is 11.1. The predicted octanol–water partition coefficient (Wildman–Crippen LogP) is 2.59. The molecule has 1 aliphatic rings. The lowest BCUT2D eigenvalue weighted by Crippen LogP contribution is -2.37. The fraction of sp³-hybridized carbons (Fsp3) is 0.278. The van der Waals surface area contributed by atoms with Gasteiger partial charge in [-0.3, -0.25) is 4.79 Å². The lowest BCUT2D eigenvalue weighted by Gasteiger charge is -2.22. The quantitative estimate of drug-likeness (QED) is 0.885. The summed E-state index contributed by atoms with van der Waals surface area (Å²) < 4.78 is 11.0. The smallest absolute Gasteiger partial charge is 0.263 e. The Morgan fingerprint density at radius 3 is 2.91 bits per heavy atom. The number of nitrogens with two attached hydrogens (primary N) is 1. The molecule has 2 N–H and O–H groups in total. The Bertz CT molecular complexity index is 730. The highest BCUT2D eigenvalue weighted by Crippen LogP contribution is 2.28. The second kappa shape index (κ2) is 6.20. The van der Waals surface area contributed by atoms with Gasteiger partial charge in [0.1, 0.15) is 11.5 Å². The van der Waals surface area contributed by atoms with Gasteiger partial charge in [0.15, 0.2) is 6.10 Å². The van der Waals surface area contributed by atoms with Crippen LogP contribution in [-0.2, 0) is 17.9 Å². The first-order valence-electron chi connectivity index (χ1n) is 7.53. The number of hydrogen-bond donors (Lipinski definition) is 1. The maximum absolute atomic E-state index is 12.6. The first-order valence-corrected chi connectivity index (χ1v) is 7.53. The highest BCUT2D eigenvalue weighted by molar-refractivity contribution is 5.81. The largest absolute Gasteiger partial charge is 0.497 e. The van der Waals surface area contributed by atoms with Gasteiger partial charge in [-0.05, 0) is 42.8 Å². The standard InChI is InChI=1S/C18H20N2O3/c1-12-18(21)20(10-13-4-3-5-16(8-13)22-2)11-14-9-15(19)6-7-17(14)23-12/h3-9,12H,10-11,19H2,1-2H3. The van der Waals surface area contributed by atoms with Crippen molar-refractivity contribution in [3.63, 3.8) is 0 Å². The van der Waals surface area contributed by atoms with Crippen LogP contribution in [0.4, 0.5) is 5.69 Å². The fourth-order valence-corrected chi connectivity index (χ4v) is 2.74. The fourth-order valence-electron chi connectivity index (χ4n) is 2.74. The van der Waals surface area contributed by atoms with Crippen molar-refractivity contribution < 1.29 is 14.3 Å². The number of carbonyl (C=O) groups excluding carboxylic acids is 1. The van der Waals surface area contributed by atoms with Crippen LogP contribution in [-0.4, -0.2) is 24.0 Å². The molecule has 0 spiro atoms. The molecule has 1 amide bonds. The van der Waals surface area contributed by atoms with Crippen molar-refractivity contribution in [2.45, 2.75) is 26.1 Å². The van der Waals surface area contributed by atoms with Gasteiger partial charge < -0.3 is 20.1 Å². The maximum atomic E-state index is 12.6. The third kappa shape index (κ3) is 3.23. The number of amides is 1. The zero-order valence-corrected chi connectivity index (χ0v) is 13.3. The van der Waals surface area contributed by atoms with E-state index in [2.05, 4.69) is 0 Å². The summed E-state index contributed by atoms with van der Waals surface area (Å²) in [5.41, 5.74) is 8.46. The van der Waals surface area contributed by atoms with E-state index in [9.17, 15) is 4.79 Å². The Morgan fingerprint density at radius 2 is 2.13 bits per heavy atom. The van der Waals surface area contributed by atoms with Gasteiger partial charge >= 0.3 is 0 Å². The van der Waals surface area contributed by atoms with Crippen molar-refractivity contribution in [3.05, 3.63) is 53.6 Å². The molecule has 0 fully saturated rings. The molecule has 1 aliphatic heterocycles. The minimum Gasteiger partial charge on any atom is -0.497 e. The second-order valence-electron chi connectivity index (χ2n) is 5.67. The monoisotopic (exact) mass is 312 g/mol. The minimum absolute atomic E-state index is 0.0393. The molecule has 1 heterocycles. The summed E-state index contributed by atoms with van der Waals surface area (Å²) in [5, 5.41) is 0. The number of benzene rings is 2. The van der Waals surface area contributed by atoms with Gasteiger partial charge in [0.2, 0.25) is 0 Å². The Balaban J connectivity index is 1.89. The van der Waals surface area contributed by atoms with E-state index in [4.69, 9.17) is 15.2 Å². The van der Waals surface area contributed by atoms with E-state index in [-0.39, 0.29) is 5.91 Å². The normalized spacial score (nSPS) is 17.2. The van der Waals surface area contributed by atoms with Crippen molar-refractivity contribution in [2.24, 2.45) is 0 Å². The SMILES string of the molecule is COc1cccc(CN2Cc3cc(N)ccc3OC(C)C2=O)c1. The molecule has 1 unspecified atom stereocenters. The van der Waals surface area contributed by atoms with Crippen LogP contribution in [0.1, 0.15) is 18.1 Å². The summed E-state index contributed by atoms with van der Waals surface area (Å²) in [6.07, 6.45) is -0.523. The maximum Gasteiger partial charge on any atom is 0.263 e. The Hall–Kier alpha value is -2.69. The molecule has 0 aromatic heterocycles. The second-order valence-corrected chi connectivity index (χ2v) is 5.67. The van der Waals surface area contributed by atoms with Gasteiger partial charge in [-0.15, -0.1) is 0 Å². The number of anilines is 1. The van der Waals surface area contributed by atoms with Gasteiger partial charge in [-0.1, -0.05) is 12.1 Å². The van der Waals surface area contributed by atoms with Crippen LogP contribution >= 0.6 is 0 Å². The van der Waals surface area contributed by atoms with Crippen LogP contribution < -0.4 is 15.2 Å². The van der Waals surface area contributed by atoms with Crippen molar-refractivity contribution in [1.82, 2.24) is 4.90 Å². The molecule has 1 atom stereocenters. The average molecular weight is 312 g/mol. The zero-order chi connectivity index (χ0) is 16.4. The Labute approximate surface area is 135 Å². The van der Waals surface area contributed by atoms with Crippen LogP contribution in [0, 0.1) is 0 Å². The summed E-state index contributed by atoms with van der Waals surface area (Å²) in [7, 11) is 1.63. The van der Waals surface area contributed by atoms with Crippen molar-refractivity contribution in [1.29, 1.82) is 0 Å². The van der Waals surface area contributed by atoms with E-state index < -0.39 is 6.10 Å². The minimum atomic E-state index is -0.523. The molecule has 5 nitrogen and oxygen atoms in total. The van der Waals surface area contributed by atoms with E-state index in [0.29, 0.717) is 24.5 Å². The van der Waals surface area contributed by atoms with Crippen molar-refractivity contribution in [2.75, 3.05) is 12.8 Å². The summed E-state index contributed by atoms with van der Waals surface area (Å²) in [5.74, 6) is 1.45.